The first-order valence-corrected chi connectivity index (χ1v) is 7.78. The Morgan fingerprint density at radius 3 is 2.55 bits per heavy atom. The van der Waals surface area contributed by atoms with E-state index < -0.39 is 0 Å². The quantitative estimate of drug-likeness (QED) is 0.818. The summed E-state index contributed by atoms with van der Waals surface area (Å²) in [6.07, 6.45) is 0.727. The number of carbonyl (C=O) groups is 1. The second kappa shape index (κ2) is 5.43. The second-order valence-corrected chi connectivity index (χ2v) is 6.56. The van der Waals surface area contributed by atoms with Gasteiger partial charge in [-0.15, -0.1) is 0 Å². The van der Waals surface area contributed by atoms with Gasteiger partial charge in [0.25, 0.3) is 0 Å². The zero-order valence-corrected chi connectivity index (χ0v) is 14.1. The van der Waals surface area contributed by atoms with Crippen molar-refractivity contribution in [3.05, 3.63) is 34.5 Å². The molecule has 1 atom stereocenters. The van der Waals surface area contributed by atoms with Gasteiger partial charge in [0.15, 0.2) is 0 Å². The lowest BCUT2D eigenvalue weighted by Gasteiger charge is -2.10. The van der Waals surface area contributed by atoms with Gasteiger partial charge in [0.2, 0.25) is 0 Å². The Morgan fingerprint density at radius 2 is 1.91 bits per heavy atom. The first-order valence-electron chi connectivity index (χ1n) is 7.78. The summed E-state index contributed by atoms with van der Waals surface area (Å²) in [6.45, 7) is 6.09. The molecule has 0 saturated heterocycles. The molecule has 1 unspecified atom stereocenters. The van der Waals surface area contributed by atoms with E-state index in [-0.39, 0.29) is 11.9 Å². The lowest BCUT2D eigenvalue weighted by molar-refractivity contribution is -0.144. The Kier molecular flexibility index (Phi) is 3.73. The summed E-state index contributed by atoms with van der Waals surface area (Å²) in [5.74, 6) is -0.262. The van der Waals surface area contributed by atoms with Crippen LogP contribution in [0.15, 0.2) is 12.1 Å². The van der Waals surface area contributed by atoms with Crippen molar-refractivity contribution >= 4 is 16.9 Å². The lowest BCUT2D eigenvalue weighted by atomic mass is 9.97. The zero-order chi connectivity index (χ0) is 16.0. The average molecular weight is 300 g/mol. The molecule has 1 aromatic heterocycles. The number of carbonyl (C=O) groups excluding carboxylic acids is 1. The molecule has 3 rings (SSSR count). The first-order chi connectivity index (χ1) is 10.4. The Morgan fingerprint density at radius 1 is 1.27 bits per heavy atom. The van der Waals surface area contributed by atoms with E-state index in [0.29, 0.717) is 0 Å². The van der Waals surface area contributed by atoms with E-state index in [1.54, 1.807) is 0 Å². The highest BCUT2D eigenvalue weighted by Crippen LogP contribution is 2.33. The van der Waals surface area contributed by atoms with Gasteiger partial charge in [0, 0.05) is 36.7 Å². The fourth-order valence-electron chi connectivity index (χ4n) is 3.55. The molecule has 0 fully saturated rings. The van der Waals surface area contributed by atoms with E-state index in [9.17, 15) is 4.79 Å². The van der Waals surface area contributed by atoms with Crippen LogP contribution in [0, 0.1) is 12.8 Å². The molecule has 2 heterocycles. The van der Waals surface area contributed by atoms with Gasteiger partial charge in [0.1, 0.15) is 0 Å². The van der Waals surface area contributed by atoms with Gasteiger partial charge in [-0.3, -0.25) is 9.69 Å². The maximum atomic E-state index is 11.8. The van der Waals surface area contributed by atoms with Crippen molar-refractivity contribution in [1.29, 1.82) is 0 Å². The molecule has 0 amide bonds. The molecule has 4 nitrogen and oxygen atoms in total. The van der Waals surface area contributed by atoms with Gasteiger partial charge in [-0.2, -0.15) is 0 Å². The van der Waals surface area contributed by atoms with Crippen molar-refractivity contribution in [1.82, 2.24) is 9.47 Å². The molecule has 0 spiro atoms. The van der Waals surface area contributed by atoms with Crippen molar-refractivity contribution in [3.8, 4) is 0 Å². The molecular weight excluding hydrogens is 276 g/mol. The summed E-state index contributed by atoms with van der Waals surface area (Å²) in [5.41, 5.74) is 6.60. The smallest absolute Gasteiger partial charge is 0.308 e. The SMILES string of the molecule is COC(=O)C(C)Cc1c(C)n(C)c2cc3c(cc12)CN(C)C3. The molecule has 118 valence electrons. The fraction of sp³-hybridized carbons (Fsp3) is 0.500. The van der Waals surface area contributed by atoms with Crippen LogP contribution in [0.2, 0.25) is 0 Å². The number of hydrogen-bond acceptors (Lipinski definition) is 3. The van der Waals surface area contributed by atoms with Crippen LogP contribution < -0.4 is 0 Å². The number of nitrogens with zero attached hydrogens (tertiary/aromatic N) is 2. The van der Waals surface area contributed by atoms with Crippen molar-refractivity contribution in [2.24, 2.45) is 13.0 Å². The topological polar surface area (TPSA) is 34.5 Å². The van der Waals surface area contributed by atoms with Crippen LogP contribution >= 0.6 is 0 Å². The number of aryl methyl sites for hydroxylation is 1. The minimum Gasteiger partial charge on any atom is -0.469 e. The standard InChI is InChI=1S/C18H24N2O2/c1-11(18(21)22-5)6-15-12(2)20(4)17-8-14-10-19(3)9-13(14)7-16(15)17/h7-8,11H,6,9-10H2,1-5H3. The third kappa shape index (κ3) is 2.31. The maximum Gasteiger partial charge on any atom is 0.308 e. The fourth-order valence-corrected chi connectivity index (χ4v) is 3.55. The minimum atomic E-state index is -0.141. The predicted molar refractivity (Wildman–Crippen MR) is 87.7 cm³/mol. The van der Waals surface area contributed by atoms with E-state index in [0.717, 1.165) is 19.5 Å². The number of esters is 1. The number of methoxy groups -OCH3 is 1. The van der Waals surface area contributed by atoms with Crippen LogP contribution in [0.5, 0.6) is 0 Å². The Balaban J connectivity index is 2.08. The Hall–Kier alpha value is -1.81. The first kappa shape index (κ1) is 15.1. The maximum absolute atomic E-state index is 11.8. The van der Waals surface area contributed by atoms with E-state index >= 15 is 0 Å². The van der Waals surface area contributed by atoms with E-state index in [1.165, 1.54) is 40.4 Å². The molecule has 1 aromatic carbocycles. The molecule has 0 N–H and O–H groups in total. The highest BCUT2D eigenvalue weighted by molar-refractivity contribution is 5.88. The molecule has 2 aromatic rings. The number of aromatic nitrogens is 1. The van der Waals surface area contributed by atoms with E-state index in [2.05, 4.69) is 42.6 Å². The van der Waals surface area contributed by atoms with Crippen molar-refractivity contribution in [2.45, 2.75) is 33.4 Å². The zero-order valence-electron chi connectivity index (χ0n) is 14.1. The van der Waals surface area contributed by atoms with Crippen molar-refractivity contribution in [2.75, 3.05) is 14.2 Å². The van der Waals surface area contributed by atoms with Gasteiger partial charge in [-0.1, -0.05) is 6.92 Å². The van der Waals surface area contributed by atoms with Gasteiger partial charge in [0.05, 0.1) is 13.0 Å². The molecule has 0 bridgehead atoms. The number of benzene rings is 1. The van der Waals surface area contributed by atoms with Gasteiger partial charge >= 0.3 is 5.97 Å². The molecular formula is C18H24N2O2. The molecule has 1 aliphatic heterocycles. The van der Waals surface area contributed by atoms with Crippen molar-refractivity contribution < 1.29 is 9.53 Å². The van der Waals surface area contributed by atoms with Crippen LogP contribution in [0.4, 0.5) is 0 Å². The molecule has 22 heavy (non-hydrogen) atoms. The summed E-state index contributed by atoms with van der Waals surface area (Å²) in [6, 6.07) is 4.63. The van der Waals surface area contributed by atoms with E-state index in [1.807, 2.05) is 6.92 Å². The lowest BCUT2D eigenvalue weighted by Crippen LogP contribution is -2.15. The third-order valence-electron chi connectivity index (χ3n) is 4.94. The van der Waals surface area contributed by atoms with Crippen molar-refractivity contribution in [3.63, 3.8) is 0 Å². The molecule has 1 aliphatic rings. The highest BCUT2D eigenvalue weighted by Gasteiger charge is 2.22. The monoisotopic (exact) mass is 300 g/mol. The Bertz CT molecular complexity index is 745. The number of hydrogen-bond donors (Lipinski definition) is 0. The highest BCUT2D eigenvalue weighted by atomic mass is 16.5. The summed E-state index contributed by atoms with van der Waals surface area (Å²) in [4.78, 5) is 14.1. The normalized spacial score (nSPS) is 16.0. The summed E-state index contributed by atoms with van der Waals surface area (Å²) in [7, 11) is 5.71. The minimum absolute atomic E-state index is 0.120. The largest absolute Gasteiger partial charge is 0.469 e. The van der Waals surface area contributed by atoms with Crippen LogP contribution in [-0.4, -0.2) is 29.6 Å². The molecule has 4 heteroatoms. The van der Waals surface area contributed by atoms with Gasteiger partial charge in [-0.25, -0.2) is 0 Å². The summed E-state index contributed by atoms with van der Waals surface area (Å²) in [5, 5.41) is 1.28. The number of ether oxygens (including phenoxy) is 1. The van der Waals surface area contributed by atoms with E-state index in [4.69, 9.17) is 4.74 Å². The van der Waals surface area contributed by atoms with Crippen LogP contribution in [0.25, 0.3) is 10.9 Å². The van der Waals surface area contributed by atoms with Crippen LogP contribution in [-0.2, 0) is 36.1 Å². The number of rotatable bonds is 3. The summed E-state index contributed by atoms with van der Waals surface area (Å²) >= 11 is 0. The van der Waals surface area contributed by atoms with Gasteiger partial charge in [-0.05, 0) is 49.2 Å². The Labute approximate surface area is 131 Å². The van der Waals surface area contributed by atoms with Gasteiger partial charge < -0.3 is 9.30 Å². The van der Waals surface area contributed by atoms with Crippen LogP contribution in [0.3, 0.4) is 0 Å². The molecule has 0 aliphatic carbocycles. The number of fused-ring (bicyclic) bond motifs is 2. The molecule has 0 saturated carbocycles. The van der Waals surface area contributed by atoms with Crippen LogP contribution in [0.1, 0.15) is 29.3 Å². The summed E-state index contributed by atoms with van der Waals surface area (Å²) < 4.78 is 7.12. The predicted octanol–water partition coefficient (Wildman–Crippen LogP) is 2.78. The third-order valence-corrected chi connectivity index (χ3v) is 4.94. The second-order valence-electron chi connectivity index (χ2n) is 6.56. The average Bonchev–Trinajstić information content (AvgIpc) is 2.96. The molecule has 0 radical (unpaired) electrons.